The van der Waals surface area contributed by atoms with E-state index in [-0.39, 0.29) is 36.3 Å². The maximum Gasteiger partial charge on any atom is 0.222 e. The number of nitrogens with one attached hydrogen (secondary N) is 2. The second kappa shape index (κ2) is 10.0. The van der Waals surface area contributed by atoms with Gasteiger partial charge in [-0.25, -0.2) is 0 Å². The molecule has 2 N–H and O–H groups in total. The van der Waals surface area contributed by atoms with Gasteiger partial charge in [-0.3, -0.25) is 9.69 Å². The molecular formula is C16H31Cl2N3O2. The quantitative estimate of drug-likeness (QED) is 0.794. The van der Waals surface area contributed by atoms with Gasteiger partial charge in [-0.1, -0.05) is 12.8 Å². The van der Waals surface area contributed by atoms with E-state index in [4.69, 9.17) is 4.74 Å². The Morgan fingerprint density at radius 1 is 1.13 bits per heavy atom. The average Bonchev–Trinajstić information content (AvgIpc) is 2.99. The molecule has 2 saturated heterocycles. The fraction of sp³-hybridized carbons (Fsp3) is 0.938. The Hall–Kier alpha value is -0.0700. The van der Waals surface area contributed by atoms with Crippen LogP contribution in [0.1, 0.15) is 44.9 Å². The molecule has 2 aliphatic heterocycles. The molecule has 2 heterocycles. The van der Waals surface area contributed by atoms with Crippen molar-refractivity contribution in [3.05, 3.63) is 0 Å². The van der Waals surface area contributed by atoms with Crippen LogP contribution in [0.2, 0.25) is 0 Å². The predicted octanol–water partition coefficient (Wildman–Crippen LogP) is 1.73. The van der Waals surface area contributed by atoms with Crippen LogP contribution in [0.15, 0.2) is 0 Å². The summed E-state index contributed by atoms with van der Waals surface area (Å²) in [5.74, 6) is 0.260. The lowest BCUT2D eigenvalue weighted by Gasteiger charge is -2.43. The summed E-state index contributed by atoms with van der Waals surface area (Å²) in [6.45, 7) is 5.66. The molecular weight excluding hydrogens is 337 g/mol. The molecule has 0 aromatic carbocycles. The average molecular weight is 368 g/mol. The van der Waals surface area contributed by atoms with Gasteiger partial charge in [-0.15, -0.1) is 24.8 Å². The minimum Gasteiger partial charge on any atom is -0.379 e. The van der Waals surface area contributed by atoms with E-state index in [1.165, 1.54) is 25.7 Å². The van der Waals surface area contributed by atoms with E-state index in [1.807, 2.05) is 0 Å². The maximum absolute atomic E-state index is 12.5. The van der Waals surface area contributed by atoms with Gasteiger partial charge in [0.25, 0.3) is 0 Å². The fourth-order valence-corrected chi connectivity index (χ4v) is 4.22. The zero-order valence-corrected chi connectivity index (χ0v) is 15.5. The lowest BCUT2D eigenvalue weighted by atomic mass is 9.89. The van der Waals surface area contributed by atoms with Crippen LogP contribution >= 0.6 is 24.8 Å². The van der Waals surface area contributed by atoms with Crippen molar-refractivity contribution in [2.75, 3.05) is 39.4 Å². The number of halogens is 2. The molecule has 23 heavy (non-hydrogen) atoms. The summed E-state index contributed by atoms with van der Waals surface area (Å²) in [6, 6.07) is 0.377. The van der Waals surface area contributed by atoms with Gasteiger partial charge in [-0.05, 0) is 38.8 Å². The van der Waals surface area contributed by atoms with Crippen LogP contribution in [-0.2, 0) is 9.53 Å². The van der Waals surface area contributed by atoms with Gasteiger partial charge in [0.15, 0.2) is 0 Å². The van der Waals surface area contributed by atoms with Crippen LogP contribution in [0.4, 0.5) is 0 Å². The molecule has 1 amide bonds. The summed E-state index contributed by atoms with van der Waals surface area (Å²) < 4.78 is 5.48. The Morgan fingerprint density at radius 3 is 2.35 bits per heavy atom. The second-order valence-corrected chi connectivity index (χ2v) is 6.80. The van der Waals surface area contributed by atoms with Gasteiger partial charge in [-0.2, -0.15) is 0 Å². The third-order valence-electron chi connectivity index (χ3n) is 5.41. The minimum atomic E-state index is 0. The summed E-state index contributed by atoms with van der Waals surface area (Å²) >= 11 is 0. The van der Waals surface area contributed by atoms with Crippen molar-refractivity contribution in [1.82, 2.24) is 15.5 Å². The SMILES string of the molecule is Cl.Cl.O=C(CC1(N2CCOCC2)CCCC1)NC1CCNCC1. The van der Waals surface area contributed by atoms with Gasteiger partial charge in [0.1, 0.15) is 0 Å². The molecule has 3 rings (SSSR count). The number of rotatable bonds is 4. The van der Waals surface area contributed by atoms with Crippen molar-refractivity contribution in [2.24, 2.45) is 0 Å². The van der Waals surface area contributed by atoms with Gasteiger partial charge in [0.05, 0.1) is 13.2 Å². The van der Waals surface area contributed by atoms with Gasteiger partial charge in [0.2, 0.25) is 5.91 Å². The van der Waals surface area contributed by atoms with Crippen molar-refractivity contribution in [3.8, 4) is 0 Å². The minimum absolute atomic E-state index is 0. The van der Waals surface area contributed by atoms with E-state index in [2.05, 4.69) is 15.5 Å². The number of piperidine rings is 1. The first-order chi connectivity index (χ1) is 10.3. The Morgan fingerprint density at radius 2 is 1.74 bits per heavy atom. The van der Waals surface area contributed by atoms with Crippen molar-refractivity contribution in [3.63, 3.8) is 0 Å². The summed E-state index contributed by atoms with van der Waals surface area (Å²) in [5, 5.41) is 6.62. The monoisotopic (exact) mass is 367 g/mol. The van der Waals surface area contributed by atoms with Crippen LogP contribution in [0, 0.1) is 0 Å². The zero-order chi connectivity index (χ0) is 14.5. The smallest absolute Gasteiger partial charge is 0.222 e. The first kappa shape index (κ1) is 21.0. The summed E-state index contributed by atoms with van der Waals surface area (Å²) in [4.78, 5) is 15.1. The molecule has 0 unspecified atom stereocenters. The molecule has 5 nitrogen and oxygen atoms in total. The highest BCUT2D eigenvalue weighted by Gasteiger charge is 2.41. The zero-order valence-electron chi connectivity index (χ0n) is 13.8. The lowest BCUT2D eigenvalue weighted by molar-refractivity contribution is -0.126. The van der Waals surface area contributed by atoms with Crippen molar-refractivity contribution >= 4 is 30.7 Å². The van der Waals surface area contributed by atoms with Crippen LogP contribution < -0.4 is 10.6 Å². The van der Waals surface area contributed by atoms with Crippen LogP contribution in [-0.4, -0.2) is 61.8 Å². The number of carbonyl (C=O) groups excluding carboxylic acids is 1. The first-order valence-electron chi connectivity index (χ1n) is 8.61. The number of hydrogen-bond acceptors (Lipinski definition) is 4. The molecule has 3 aliphatic rings. The number of hydrogen-bond donors (Lipinski definition) is 2. The van der Waals surface area contributed by atoms with E-state index in [1.54, 1.807) is 0 Å². The predicted molar refractivity (Wildman–Crippen MR) is 96.7 cm³/mol. The highest BCUT2D eigenvalue weighted by Crippen LogP contribution is 2.38. The number of nitrogens with zero attached hydrogens (tertiary/aromatic N) is 1. The molecule has 136 valence electrons. The number of carbonyl (C=O) groups is 1. The van der Waals surface area contributed by atoms with Crippen LogP contribution in [0.5, 0.6) is 0 Å². The molecule has 0 radical (unpaired) electrons. The van der Waals surface area contributed by atoms with Crippen molar-refractivity contribution < 1.29 is 9.53 Å². The summed E-state index contributed by atoms with van der Waals surface area (Å²) in [6.07, 6.45) is 7.68. The van der Waals surface area contributed by atoms with E-state index in [0.29, 0.717) is 12.5 Å². The highest BCUT2D eigenvalue weighted by atomic mass is 35.5. The van der Waals surface area contributed by atoms with Gasteiger partial charge in [0, 0.05) is 31.1 Å². The fourth-order valence-electron chi connectivity index (χ4n) is 4.22. The van der Waals surface area contributed by atoms with Crippen molar-refractivity contribution in [1.29, 1.82) is 0 Å². The van der Waals surface area contributed by atoms with Gasteiger partial charge >= 0.3 is 0 Å². The van der Waals surface area contributed by atoms with Crippen molar-refractivity contribution in [2.45, 2.75) is 56.5 Å². The van der Waals surface area contributed by atoms with E-state index in [9.17, 15) is 4.79 Å². The van der Waals surface area contributed by atoms with Crippen LogP contribution in [0.25, 0.3) is 0 Å². The summed E-state index contributed by atoms with van der Waals surface area (Å²) in [7, 11) is 0. The molecule has 3 fully saturated rings. The molecule has 7 heteroatoms. The maximum atomic E-state index is 12.5. The molecule has 0 bridgehead atoms. The molecule has 0 aromatic heterocycles. The third kappa shape index (κ3) is 5.46. The molecule has 0 spiro atoms. The third-order valence-corrected chi connectivity index (χ3v) is 5.41. The first-order valence-corrected chi connectivity index (χ1v) is 8.61. The molecule has 1 aliphatic carbocycles. The highest BCUT2D eigenvalue weighted by molar-refractivity contribution is 5.85. The van der Waals surface area contributed by atoms with Gasteiger partial charge < -0.3 is 15.4 Å². The number of amides is 1. The Balaban J connectivity index is 0.00000132. The Bertz CT molecular complexity index is 353. The van der Waals surface area contributed by atoms with E-state index < -0.39 is 0 Å². The number of morpholine rings is 1. The van der Waals surface area contributed by atoms with Crippen LogP contribution in [0.3, 0.4) is 0 Å². The second-order valence-electron chi connectivity index (χ2n) is 6.80. The molecule has 0 aromatic rings. The van der Waals surface area contributed by atoms with E-state index in [0.717, 1.165) is 52.2 Å². The standard InChI is InChI=1S/C16H29N3O2.2ClH/c20-15(18-14-3-7-17-8-4-14)13-16(5-1-2-6-16)19-9-11-21-12-10-19;;/h14,17H,1-13H2,(H,18,20);2*1H. The largest absolute Gasteiger partial charge is 0.379 e. The number of ether oxygens (including phenoxy) is 1. The molecule has 1 saturated carbocycles. The lowest BCUT2D eigenvalue weighted by Crippen LogP contribution is -2.54. The van der Waals surface area contributed by atoms with E-state index >= 15 is 0 Å². The Kier molecular flexibility index (Phi) is 9.16. The Labute approximate surface area is 152 Å². The normalized spacial score (nSPS) is 25.2. The molecule has 0 atom stereocenters. The topological polar surface area (TPSA) is 53.6 Å². The summed E-state index contributed by atoms with van der Waals surface area (Å²) in [5.41, 5.74) is 0.112.